The Morgan fingerprint density at radius 2 is 1.82 bits per heavy atom. The van der Waals surface area contributed by atoms with Crippen molar-refractivity contribution in [3.63, 3.8) is 0 Å². The third kappa shape index (κ3) is 1.65. The molecule has 0 aromatic carbocycles. The van der Waals surface area contributed by atoms with Gasteiger partial charge in [0.15, 0.2) is 0 Å². The van der Waals surface area contributed by atoms with Crippen LogP contribution in [0.5, 0.6) is 0 Å². The first-order valence-electron chi connectivity index (χ1n) is 3.90. The van der Waals surface area contributed by atoms with Crippen LogP contribution in [-0.2, 0) is 0 Å². The van der Waals surface area contributed by atoms with E-state index in [1.807, 2.05) is 23.5 Å². The van der Waals surface area contributed by atoms with E-state index < -0.39 is 0 Å². The monoisotopic (exact) mass is 202 g/mol. The van der Waals surface area contributed by atoms with E-state index in [1.54, 1.807) is 0 Å². The zero-order valence-corrected chi connectivity index (χ0v) is 8.71. The van der Waals surface area contributed by atoms with E-state index in [2.05, 4.69) is 0 Å². The minimum atomic E-state index is 1.16. The number of thioether (sulfide) groups is 2. The molecule has 0 spiro atoms. The number of thiocarbonyl (C=S) groups is 1. The first-order valence-corrected chi connectivity index (χ1v) is 6.28. The van der Waals surface area contributed by atoms with Crippen LogP contribution in [0.2, 0.25) is 0 Å². The third-order valence-corrected chi connectivity index (χ3v) is 5.21. The molecule has 0 aromatic heterocycles. The molecule has 1 aliphatic carbocycles. The van der Waals surface area contributed by atoms with Crippen LogP contribution in [0.1, 0.15) is 19.3 Å². The minimum absolute atomic E-state index is 1.16. The summed E-state index contributed by atoms with van der Waals surface area (Å²) in [6.07, 6.45) is 3.70. The summed E-state index contributed by atoms with van der Waals surface area (Å²) in [5, 5.41) is 0. The van der Waals surface area contributed by atoms with Crippen molar-refractivity contribution < 1.29 is 0 Å². The summed E-state index contributed by atoms with van der Waals surface area (Å²) in [5.41, 5.74) is 1.51. The number of allylic oxidation sites excluding steroid dienone is 1. The molecule has 2 aliphatic rings. The van der Waals surface area contributed by atoms with Crippen LogP contribution in [0.4, 0.5) is 0 Å². The number of rotatable bonds is 0. The van der Waals surface area contributed by atoms with E-state index in [0.717, 1.165) is 6.42 Å². The lowest BCUT2D eigenvalue weighted by molar-refractivity contribution is 0.949. The van der Waals surface area contributed by atoms with Crippen molar-refractivity contribution in [1.29, 1.82) is 0 Å². The van der Waals surface area contributed by atoms with Crippen LogP contribution in [0.25, 0.3) is 0 Å². The van der Waals surface area contributed by atoms with Gasteiger partial charge in [0.1, 0.15) is 0 Å². The van der Waals surface area contributed by atoms with Gasteiger partial charge in [-0.15, -0.1) is 23.5 Å². The van der Waals surface area contributed by atoms with Crippen molar-refractivity contribution in [3.05, 3.63) is 9.81 Å². The molecule has 0 nitrogen and oxygen atoms in total. The summed E-state index contributed by atoms with van der Waals surface area (Å²) >= 11 is 9.29. The molecule has 0 unspecified atom stereocenters. The largest absolute Gasteiger partial charge is 0.118 e. The smallest absolute Gasteiger partial charge is 0.0444 e. The molecule has 1 heterocycles. The maximum atomic E-state index is 5.29. The molecule has 1 saturated carbocycles. The van der Waals surface area contributed by atoms with Crippen molar-refractivity contribution in [2.45, 2.75) is 19.3 Å². The summed E-state index contributed by atoms with van der Waals surface area (Å²) < 4.78 is 1.53. The van der Waals surface area contributed by atoms with Crippen LogP contribution in [0.3, 0.4) is 0 Å². The Kier molecular flexibility index (Phi) is 2.59. The molecular formula is C8H10S3. The van der Waals surface area contributed by atoms with Gasteiger partial charge < -0.3 is 0 Å². The van der Waals surface area contributed by atoms with Gasteiger partial charge in [-0.3, -0.25) is 0 Å². The Labute approximate surface area is 81.2 Å². The lowest BCUT2D eigenvalue weighted by atomic mass is 10.3. The maximum Gasteiger partial charge on any atom is 0.0444 e. The third-order valence-electron chi connectivity index (χ3n) is 1.96. The van der Waals surface area contributed by atoms with Gasteiger partial charge in [-0.1, -0.05) is 12.2 Å². The molecule has 0 aromatic rings. The minimum Gasteiger partial charge on any atom is -0.118 e. The number of hydrogen-bond acceptors (Lipinski definition) is 3. The van der Waals surface area contributed by atoms with Gasteiger partial charge in [0.05, 0.1) is 0 Å². The summed E-state index contributed by atoms with van der Waals surface area (Å²) in [7, 11) is 0. The zero-order chi connectivity index (χ0) is 7.68. The Bertz CT molecular complexity index is 209. The van der Waals surface area contributed by atoms with Gasteiger partial charge in [0, 0.05) is 20.6 Å². The van der Waals surface area contributed by atoms with Crippen molar-refractivity contribution in [2.24, 2.45) is 0 Å². The van der Waals surface area contributed by atoms with E-state index >= 15 is 0 Å². The van der Waals surface area contributed by atoms with Crippen molar-refractivity contribution >= 4 is 40.6 Å². The quantitative estimate of drug-likeness (QED) is 0.437. The van der Waals surface area contributed by atoms with Crippen LogP contribution in [0.15, 0.2) is 9.81 Å². The molecular weight excluding hydrogens is 192 g/mol. The summed E-state index contributed by atoms with van der Waals surface area (Å²) in [5.74, 6) is 2.57. The van der Waals surface area contributed by atoms with Gasteiger partial charge in [-0.25, -0.2) is 0 Å². The molecule has 3 heteroatoms. The van der Waals surface area contributed by atoms with Gasteiger partial charge in [0.2, 0.25) is 0 Å². The second-order valence-corrected chi connectivity index (χ2v) is 5.70. The lowest BCUT2D eigenvalue weighted by Crippen LogP contribution is -1.88. The van der Waals surface area contributed by atoms with Crippen molar-refractivity contribution in [2.75, 3.05) is 11.5 Å². The van der Waals surface area contributed by atoms with Crippen molar-refractivity contribution in [3.8, 4) is 0 Å². The maximum absolute atomic E-state index is 5.29. The fraction of sp³-hybridized carbons (Fsp3) is 0.625. The molecule has 0 radical (unpaired) electrons. The predicted molar refractivity (Wildman–Crippen MR) is 58.4 cm³/mol. The molecule has 1 aliphatic heterocycles. The first-order chi connectivity index (χ1) is 5.38. The highest BCUT2D eigenvalue weighted by molar-refractivity contribution is 8.25. The highest BCUT2D eigenvalue weighted by atomic mass is 32.2. The second-order valence-electron chi connectivity index (χ2n) is 2.74. The lowest BCUT2D eigenvalue weighted by Gasteiger charge is -2.00. The van der Waals surface area contributed by atoms with Crippen molar-refractivity contribution in [1.82, 2.24) is 0 Å². The average Bonchev–Trinajstić information content (AvgIpc) is 2.55. The molecule has 0 N–H and O–H groups in total. The summed E-state index contributed by atoms with van der Waals surface area (Å²) in [4.78, 5) is 1.24. The van der Waals surface area contributed by atoms with E-state index in [1.165, 1.54) is 39.0 Å². The highest BCUT2D eigenvalue weighted by Gasteiger charge is 2.20. The van der Waals surface area contributed by atoms with Crippen LogP contribution in [-0.4, -0.2) is 16.4 Å². The second kappa shape index (κ2) is 3.50. The summed E-state index contributed by atoms with van der Waals surface area (Å²) in [6.45, 7) is 0. The normalized spacial score (nSPS) is 25.3. The molecule has 0 atom stereocenters. The van der Waals surface area contributed by atoms with Crippen LogP contribution >= 0.6 is 35.7 Å². The van der Waals surface area contributed by atoms with Crippen LogP contribution in [0, 0.1) is 0 Å². The van der Waals surface area contributed by atoms with Gasteiger partial charge in [0.25, 0.3) is 0 Å². The Hall–Kier alpha value is 0.530. The first kappa shape index (κ1) is 8.14. The Morgan fingerprint density at radius 1 is 1.09 bits per heavy atom. The van der Waals surface area contributed by atoms with E-state index in [-0.39, 0.29) is 0 Å². The summed E-state index contributed by atoms with van der Waals surface area (Å²) in [6, 6.07) is 0. The SMILES string of the molecule is S=C1CCCC1=C1SCCS1. The highest BCUT2D eigenvalue weighted by Crippen LogP contribution is 2.42. The standard InChI is InChI=1S/C8H10S3/c9-7-3-1-2-6(7)8-10-4-5-11-8/h1-5H2. The number of hydrogen-bond donors (Lipinski definition) is 0. The van der Waals surface area contributed by atoms with Gasteiger partial charge >= 0.3 is 0 Å². The molecule has 60 valence electrons. The van der Waals surface area contributed by atoms with E-state index in [9.17, 15) is 0 Å². The molecule has 0 bridgehead atoms. The van der Waals surface area contributed by atoms with Gasteiger partial charge in [-0.05, 0) is 24.8 Å². The molecule has 0 amide bonds. The topological polar surface area (TPSA) is 0 Å². The Balaban J connectivity index is 2.23. The van der Waals surface area contributed by atoms with Gasteiger partial charge in [-0.2, -0.15) is 0 Å². The predicted octanol–water partition coefficient (Wildman–Crippen LogP) is 3.23. The Morgan fingerprint density at radius 3 is 2.36 bits per heavy atom. The molecule has 11 heavy (non-hydrogen) atoms. The van der Waals surface area contributed by atoms with E-state index in [0.29, 0.717) is 0 Å². The van der Waals surface area contributed by atoms with Crippen LogP contribution < -0.4 is 0 Å². The van der Waals surface area contributed by atoms with E-state index in [4.69, 9.17) is 12.2 Å². The molecule has 2 fully saturated rings. The zero-order valence-electron chi connectivity index (χ0n) is 6.26. The average molecular weight is 202 g/mol. The fourth-order valence-corrected chi connectivity index (χ4v) is 4.56. The molecule has 2 rings (SSSR count). The molecule has 1 saturated heterocycles. The fourth-order valence-electron chi connectivity index (χ4n) is 1.42.